The van der Waals surface area contributed by atoms with Crippen LogP contribution in [0.15, 0.2) is 63.9 Å². The molecule has 0 radical (unpaired) electrons. The number of nitrogens with one attached hydrogen (secondary N) is 2. The van der Waals surface area contributed by atoms with E-state index in [1.54, 1.807) is 38.1 Å². The van der Waals surface area contributed by atoms with Gasteiger partial charge in [-0.2, -0.15) is 10.5 Å². The highest BCUT2D eigenvalue weighted by molar-refractivity contribution is 5.95. The number of allylic oxidation sites excluding steroid dienone is 2. The molecule has 0 fully saturated rings. The Kier molecular flexibility index (Phi) is 5.61. The van der Waals surface area contributed by atoms with E-state index < -0.39 is 17.1 Å². The molecule has 2 heterocycles. The first-order valence-electron chi connectivity index (χ1n) is 8.64. The van der Waals surface area contributed by atoms with Crippen molar-refractivity contribution >= 4 is 17.4 Å². The topological polar surface area (TPSA) is 123 Å². The van der Waals surface area contributed by atoms with Gasteiger partial charge in [-0.05, 0) is 31.5 Å². The molecule has 0 saturated carbocycles. The van der Waals surface area contributed by atoms with E-state index in [2.05, 4.69) is 11.4 Å². The van der Waals surface area contributed by atoms with Crippen LogP contribution in [0.1, 0.15) is 31.1 Å². The van der Waals surface area contributed by atoms with E-state index in [-0.39, 0.29) is 23.4 Å². The van der Waals surface area contributed by atoms with E-state index in [9.17, 15) is 20.5 Å². The van der Waals surface area contributed by atoms with Crippen molar-refractivity contribution in [1.82, 2.24) is 5.32 Å². The predicted octanol–water partition coefficient (Wildman–Crippen LogP) is 2.14. The summed E-state index contributed by atoms with van der Waals surface area (Å²) in [6, 6.07) is 11.7. The molecule has 8 heteroatoms. The highest BCUT2D eigenvalue weighted by Gasteiger charge is 2.36. The Labute approximate surface area is 161 Å². The van der Waals surface area contributed by atoms with Gasteiger partial charge >= 0.3 is 5.97 Å². The second-order valence-electron chi connectivity index (χ2n) is 6.13. The molecule has 1 aliphatic heterocycles. The summed E-state index contributed by atoms with van der Waals surface area (Å²) in [7, 11) is 0. The van der Waals surface area contributed by atoms with Gasteiger partial charge in [0.05, 0.1) is 41.7 Å². The monoisotopic (exact) mass is 381 g/mol. The second kappa shape index (κ2) is 8.10. The molecule has 0 spiro atoms. The molecule has 1 aromatic carbocycles. The van der Waals surface area contributed by atoms with E-state index >= 15 is 0 Å². The smallest absolute Gasteiger partial charge is 0.336 e. The van der Waals surface area contributed by atoms with Gasteiger partial charge < -0.3 is 19.7 Å². The lowest BCUT2D eigenvalue weighted by Gasteiger charge is -2.29. The van der Waals surface area contributed by atoms with Crippen molar-refractivity contribution in [1.29, 1.82) is 5.26 Å². The Morgan fingerprint density at radius 2 is 2.21 bits per heavy atom. The van der Waals surface area contributed by atoms with Crippen molar-refractivity contribution in [3.8, 4) is 6.07 Å². The minimum absolute atomic E-state index is 0.0636. The van der Waals surface area contributed by atoms with Gasteiger partial charge in [0.1, 0.15) is 0 Å². The van der Waals surface area contributed by atoms with Crippen LogP contribution in [0.2, 0.25) is 0 Å². The number of hydrogen-bond acceptors (Lipinski definition) is 7. The van der Waals surface area contributed by atoms with Gasteiger partial charge in [0.15, 0.2) is 11.4 Å². The van der Waals surface area contributed by atoms with Gasteiger partial charge in [-0.3, -0.25) is 0 Å². The molecule has 28 heavy (non-hydrogen) atoms. The van der Waals surface area contributed by atoms with E-state index in [1.165, 1.54) is 18.4 Å². The Hall–Kier alpha value is -3.38. The van der Waals surface area contributed by atoms with Gasteiger partial charge in [-0.25, -0.2) is 10.0 Å². The lowest BCUT2D eigenvalue weighted by molar-refractivity contribution is -0.991. The molecule has 2 atom stereocenters. The fourth-order valence-electron chi connectivity index (χ4n) is 3.23. The maximum atomic E-state index is 12.7. The first kappa shape index (κ1) is 19.4. The van der Waals surface area contributed by atoms with E-state index in [4.69, 9.17) is 9.15 Å². The number of hydrogen-bond donors (Lipinski definition) is 3. The Balaban J connectivity index is 2.23. The van der Waals surface area contributed by atoms with Crippen molar-refractivity contribution in [2.24, 2.45) is 0 Å². The fourth-order valence-corrected chi connectivity index (χ4v) is 3.23. The summed E-state index contributed by atoms with van der Waals surface area (Å²) < 4.78 is 10.6. The van der Waals surface area contributed by atoms with Crippen molar-refractivity contribution in [2.45, 2.75) is 19.8 Å². The highest BCUT2D eigenvalue weighted by atomic mass is 16.8. The Morgan fingerprint density at radius 3 is 2.82 bits per heavy atom. The van der Waals surface area contributed by atoms with Gasteiger partial charge in [-0.1, -0.05) is 12.1 Å². The SMILES string of the molecule is CCOC(=O)C1=C(C)NC(c2ccco2)=C(C#N)C1c1cccc([NH+]([O-])O)c1. The molecular formula is C20H19N3O5. The lowest BCUT2D eigenvalue weighted by Crippen LogP contribution is -2.99. The maximum absolute atomic E-state index is 12.7. The average Bonchev–Trinajstić information content (AvgIpc) is 3.21. The summed E-state index contributed by atoms with van der Waals surface area (Å²) >= 11 is 0. The van der Waals surface area contributed by atoms with E-state index in [0.29, 0.717) is 22.7 Å². The van der Waals surface area contributed by atoms with Crippen LogP contribution in [0, 0.1) is 16.5 Å². The molecule has 2 aromatic rings. The number of ether oxygens (including phenoxy) is 1. The minimum Gasteiger partial charge on any atom is -0.595 e. The summed E-state index contributed by atoms with van der Waals surface area (Å²) in [5.41, 5.74) is 2.01. The van der Waals surface area contributed by atoms with Crippen LogP contribution >= 0.6 is 0 Å². The second-order valence-corrected chi connectivity index (χ2v) is 6.13. The summed E-state index contributed by atoms with van der Waals surface area (Å²) in [6.07, 6.45) is 1.49. The number of carbonyl (C=O) groups excluding carboxylic acids is 1. The fraction of sp³-hybridized carbons (Fsp3) is 0.200. The largest absolute Gasteiger partial charge is 0.595 e. The zero-order valence-electron chi connectivity index (χ0n) is 15.4. The van der Waals surface area contributed by atoms with Crippen LogP contribution < -0.4 is 10.5 Å². The Bertz CT molecular complexity index is 984. The quantitative estimate of drug-likeness (QED) is 0.535. The van der Waals surface area contributed by atoms with Crippen molar-refractivity contribution in [3.63, 3.8) is 0 Å². The molecule has 1 aliphatic rings. The van der Waals surface area contributed by atoms with Crippen LogP contribution in [0.25, 0.3) is 5.70 Å². The molecule has 3 rings (SSSR count). The molecule has 8 nitrogen and oxygen atoms in total. The Morgan fingerprint density at radius 1 is 1.43 bits per heavy atom. The third kappa shape index (κ3) is 3.54. The summed E-state index contributed by atoms with van der Waals surface area (Å²) in [5, 5.41) is 32.6. The molecule has 144 valence electrons. The number of dihydropyridines is 1. The third-order valence-electron chi connectivity index (χ3n) is 4.41. The molecular weight excluding hydrogens is 362 g/mol. The molecule has 0 aliphatic carbocycles. The average molecular weight is 381 g/mol. The molecule has 0 amide bonds. The van der Waals surface area contributed by atoms with Crippen molar-refractivity contribution < 1.29 is 24.4 Å². The van der Waals surface area contributed by atoms with Gasteiger partial charge in [0, 0.05) is 17.8 Å². The number of rotatable bonds is 5. The van der Waals surface area contributed by atoms with Crippen LogP contribution in [-0.2, 0) is 9.53 Å². The molecule has 0 saturated heterocycles. The van der Waals surface area contributed by atoms with Gasteiger partial charge in [-0.15, -0.1) is 0 Å². The van der Waals surface area contributed by atoms with Crippen molar-refractivity contribution in [2.75, 3.05) is 6.61 Å². The number of nitriles is 1. The maximum Gasteiger partial charge on any atom is 0.336 e. The standard InChI is InChI=1S/C20H19N3O5/c1-3-27-20(24)17-12(2)22-19(16-8-5-9-28-16)15(11-21)18(17)13-6-4-7-14(10-13)23(25)26/h4-10,18,22-23,25H,3H2,1-2H3. The summed E-state index contributed by atoms with van der Waals surface area (Å²) in [5.74, 6) is -0.910. The number of carbonyl (C=O) groups is 1. The summed E-state index contributed by atoms with van der Waals surface area (Å²) in [6.45, 7) is 3.57. The van der Waals surface area contributed by atoms with E-state index in [0.717, 1.165) is 0 Å². The van der Waals surface area contributed by atoms with Crippen LogP contribution in [0.5, 0.6) is 0 Å². The number of nitrogens with zero attached hydrogens (tertiary/aromatic N) is 1. The molecule has 3 N–H and O–H groups in total. The first-order chi connectivity index (χ1) is 13.5. The zero-order valence-corrected chi connectivity index (χ0v) is 15.4. The number of esters is 1. The van der Waals surface area contributed by atoms with Gasteiger partial charge in [0.25, 0.3) is 0 Å². The van der Waals surface area contributed by atoms with Gasteiger partial charge in [0.2, 0.25) is 0 Å². The third-order valence-corrected chi connectivity index (χ3v) is 4.41. The number of benzene rings is 1. The lowest BCUT2D eigenvalue weighted by atomic mass is 9.80. The van der Waals surface area contributed by atoms with Crippen LogP contribution in [-0.4, -0.2) is 17.8 Å². The summed E-state index contributed by atoms with van der Waals surface area (Å²) in [4.78, 5) is 12.7. The predicted molar refractivity (Wildman–Crippen MR) is 98.7 cm³/mol. The normalized spacial score (nSPS) is 17.8. The first-order valence-corrected chi connectivity index (χ1v) is 8.64. The number of furan rings is 1. The van der Waals surface area contributed by atoms with Crippen LogP contribution in [0.3, 0.4) is 0 Å². The highest BCUT2D eigenvalue weighted by Crippen LogP contribution is 2.41. The molecule has 0 bridgehead atoms. The van der Waals surface area contributed by atoms with Crippen LogP contribution in [0.4, 0.5) is 5.69 Å². The minimum atomic E-state index is -1.09. The zero-order chi connectivity index (χ0) is 20.3. The molecule has 1 aromatic heterocycles. The molecule has 2 unspecified atom stereocenters. The number of quaternary nitrogens is 1. The van der Waals surface area contributed by atoms with E-state index in [1.807, 2.05) is 0 Å². The van der Waals surface area contributed by atoms with Crippen molar-refractivity contribution in [3.05, 3.63) is 76.0 Å².